The molecular formula is C77H137N5O28. The van der Waals surface area contributed by atoms with Crippen LogP contribution in [0.3, 0.4) is 0 Å². The van der Waals surface area contributed by atoms with Gasteiger partial charge in [0, 0.05) is 142 Å². The Kier molecular flexibility index (Phi) is 53.4. The van der Waals surface area contributed by atoms with Crippen molar-refractivity contribution >= 4 is 52.7 Å². The molecule has 3 heterocycles. The maximum absolute atomic E-state index is 13.9. The Morgan fingerprint density at radius 3 is 1.14 bits per heavy atom. The van der Waals surface area contributed by atoms with Gasteiger partial charge in [-0.2, -0.15) is 0 Å². The van der Waals surface area contributed by atoms with Crippen LogP contribution < -0.4 is 26.6 Å². The molecule has 33 nitrogen and oxygen atoms in total. The van der Waals surface area contributed by atoms with E-state index in [0.717, 1.165) is 25.7 Å². The zero-order valence-corrected chi connectivity index (χ0v) is 66.0. The number of hydrogen-bond acceptors (Lipinski definition) is 28. The Hall–Kier alpha value is -4.73. The summed E-state index contributed by atoms with van der Waals surface area (Å²) < 4.78 is 58.0. The number of nitrogens with one attached hydrogen (secondary N) is 5. The van der Waals surface area contributed by atoms with E-state index in [1.54, 1.807) is 13.8 Å². The smallest absolute Gasteiger partial charge is 0.222 e. The van der Waals surface area contributed by atoms with Gasteiger partial charge in [0.1, 0.15) is 77.4 Å². The van der Waals surface area contributed by atoms with Crippen molar-refractivity contribution in [2.24, 2.45) is 11.8 Å². The second-order valence-electron chi connectivity index (χ2n) is 29.7. The zero-order valence-electron chi connectivity index (χ0n) is 66.0. The molecule has 3 rings (SSSR count). The Morgan fingerprint density at radius 1 is 0.364 bits per heavy atom. The lowest BCUT2D eigenvalue weighted by atomic mass is 9.92. The van der Waals surface area contributed by atoms with Crippen molar-refractivity contribution in [1.29, 1.82) is 0 Å². The van der Waals surface area contributed by atoms with E-state index in [1.165, 1.54) is 6.92 Å². The maximum Gasteiger partial charge on any atom is 0.222 e. The van der Waals surface area contributed by atoms with Crippen molar-refractivity contribution < 1.29 is 136 Å². The van der Waals surface area contributed by atoms with Gasteiger partial charge in [0.05, 0.1) is 77.8 Å². The number of amides is 5. The van der Waals surface area contributed by atoms with Crippen LogP contribution in [0.5, 0.6) is 0 Å². The minimum atomic E-state index is -1.45. The first-order chi connectivity index (χ1) is 52.7. The molecule has 15 atom stereocenters. The number of carbonyl (C=O) groups excluding carboxylic acids is 9. The van der Waals surface area contributed by atoms with E-state index in [4.69, 9.17) is 47.4 Å². The zero-order chi connectivity index (χ0) is 81.1. The minimum absolute atomic E-state index is 0.0366. The predicted octanol–water partition coefficient (Wildman–Crippen LogP) is 1.79. The Bertz CT molecular complexity index is 2490. The van der Waals surface area contributed by atoms with Crippen molar-refractivity contribution in [3.63, 3.8) is 0 Å². The highest BCUT2D eigenvalue weighted by molar-refractivity contribution is 5.81. The number of ether oxygens (including phenoxy) is 10. The molecule has 0 bridgehead atoms. The summed E-state index contributed by atoms with van der Waals surface area (Å²) in [4.78, 5) is 116. The number of ketones is 4. The fourth-order valence-electron chi connectivity index (χ4n) is 12.7. The Morgan fingerprint density at radius 2 is 0.700 bits per heavy atom. The van der Waals surface area contributed by atoms with Crippen LogP contribution in [0.4, 0.5) is 0 Å². The molecule has 6 unspecified atom stereocenters. The van der Waals surface area contributed by atoms with Gasteiger partial charge in [0.25, 0.3) is 0 Å². The first-order valence-electron chi connectivity index (χ1n) is 40.3. The van der Waals surface area contributed by atoms with Gasteiger partial charge in [0.2, 0.25) is 29.5 Å². The quantitative estimate of drug-likeness (QED) is 0.0386. The first kappa shape index (κ1) is 99.5. The molecule has 3 fully saturated rings. The van der Waals surface area contributed by atoms with Crippen LogP contribution in [0.25, 0.3) is 0 Å². The third kappa shape index (κ3) is 42.6. The topological polar surface area (TPSA) is 488 Å². The minimum Gasteiger partial charge on any atom is -0.394 e. The fraction of sp³-hybridized carbons (Fsp3) is 0.883. The lowest BCUT2D eigenvalue weighted by Gasteiger charge is -2.42. The van der Waals surface area contributed by atoms with E-state index >= 15 is 0 Å². The number of Topliss-reactive ketones (excluding diaryl/α,β-unsaturated/α-hetero) is 4. The molecule has 0 aromatic rings. The van der Waals surface area contributed by atoms with E-state index in [1.807, 2.05) is 13.8 Å². The van der Waals surface area contributed by atoms with Crippen LogP contribution in [-0.2, 0) is 90.5 Å². The van der Waals surface area contributed by atoms with Crippen LogP contribution in [-0.4, -0.2) is 296 Å². The molecule has 3 aliphatic heterocycles. The van der Waals surface area contributed by atoms with Crippen LogP contribution in [0, 0.1) is 11.8 Å². The highest BCUT2D eigenvalue weighted by Crippen LogP contribution is 2.29. The molecule has 0 aromatic heterocycles. The van der Waals surface area contributed by atoms with Gasteiger partial charge in [-0.05, 0) is 104 Å². The highest BCUT2D eigenvalue weighted by Gasteiger charge is 2.46. The van der Waals surface area contributed by atoms with Gasteiger partial charge in [0.15, 0.2) is 18.9 Å². The monoisotopic (exact) mass is 1580 g/mol. The largest absolute Gasteiger partial charge is 0.394 e. The van der Waals surface area contributed by atoms with Gasteiger partial charge in [-0.15, -0.1) is 0 Å². The summed E-state index contributed by atoms with van der Waals surface area (Å²) in [5.74, 6) is -2.75. The van der Waals surface area contributed by atoms with E-state index in [0.29, 0.717) is 122 Å². The number of aliphatic hydroxyl groups is 9. The number of aliphatic hydroxyl groups excluding tert-OH is 9. The molecule has 3 saturated heterocycles. The second-order valence-corrected chi connectivity index (χ2v) is 29.7. The molecule has 3 aliphatic rings. The normalized spacial score (nSPS) is 24.7. The van der Waals surface area contributed by atoms with Crippen LogP contribution in [0.15, 0.2) is 0 Å². The molecule has 33 heteroatoms. The summed E-state index contributed by atoms with van der Waals surface area (Å²) in [6.07, 6.45) is -0.269. The van der Waals surface area contributed by atoms with Crippen molar-refractivity contribution in [3.05, 3.63) is 0 Å². The summed E-state index contributed by atoms with van der Waals surface area (Å²) in [6.45, 7) is 8.49. The van der Waals surface area contributed by atoms with Gasteiger partial charge in [-0.25, -0.2) is 0 Å². The molecule has 5 amide bonds. The van der Waals surface area contributed by atoms with E-state index in [9.17, 15) is 89.1 Å². The lowest BCUT2D eigenvalue weighted by Crippen LogP contribution is -2.64. The van der Waals surface area contributed by atoms with Crippen molar-refractivity contribution in [1.82, 2.24) is 26.6 Å². The predicted molar refractivity (Wildman–Crippen MR) is 399 cm³/mol. The van der Waals surface area contributed by atoms with E-state index < -0.39 is 129 Å². The van der Waals surface area contributed by atoms with Crippen molar-refractivity contribution in [2.75, 3.05) is 106 Å². The third-order valence-electron chi connectivity index (χ3n) is 19.5. The Balaban J connectivity index is 1.55. The summed E-state index contributed by atoms with van der Waals surface area (Å²) in [5.41, 5.74) is -1.41. The molecule has 0 aliphatic carbocycles. The molecule has 0 aromatic carbocycles. The van der Waals surface area contributed by atoms with Crippen LogP contribution >= 0.6 is 0 Å². The van der Waals surface area contributed by atoms with Gasteiger partial charge in [-0.1, -0.05) is 39.5 Å². The molecular weight excluding hydrogens is 1440 g/mol. The highest BCUT2D eigenvalue weighted by atomic mass is 16.7. The summed E-state index contributed by atoms with van der Waals surface area (Å²) in [5, 5.41) is 104. The number of unbranched alkanes of at least 4 members (excludes halogenated alkanes) is 10. The summed E-state index contributed by atoms with van der Waals surface area (Å²) >= 11 is 0. The lowest BCUT2D eigenvalue weighted by molar-refractivity contribution is -0.282. The second kappa shape index (κ2) is 59.0. The van der Waals surface area contributed by atoms with Gasteiger partial charge in [-0.3, -0.25) is 43.2 Å². The number of carbonyl (C=O) groups is 9. The fourth-order valence-corrected chi connectivity index (χ4v) is 12.7. The molecule has 0 saturated carbocycles. The molecule has 110 heavy (non-hydrogen) atoms. The van der Waals surface area contributed by atoms with Crippen molar-refractivity contribution in [3.8, 4) is 0 Å². The standard InChI is InChI=1S/C77H137N5O28/c1-52(2)104-39-18-7-6-17-36-78-64(92)31-22-32-66(94)82-77(49-101-43-33-58(89)26-12-8-10-24-56(87)28-14-19-40-105-74-53(3)68(95)70(97)60(46-83)108-74,50-102-44-34-59(90)27-13-9-11-25-57(88)29-15-20-41-106-75-54(4)69(96)71(98)61(47-84)109-75)51-103-45-35-65(93)80-38-23-37-79-63(91)30-16-21-42-107-76-67(81-55(5)86)73(100)72(99)62(48-85)110-76/h52-54,60-62,67-76,83-85,95-100H,6-51H2,1-5H3,(H,78,92)(H,79,91)(H,80,93)(H,81,86)(H,82,94)/t53?,54?,60?,61?,62?,67?,68-,69-,70+,71+,72+,73-,74-,75-,76-,77?/m1/s1. The molecule has 0 radical (unpaired) electrons. The Labute approximate surface area is 649 Å². The first-order valence-corrected chi connectivity index (χ1v) is 40.3. The number of rotatable bonds is 66. The average molecular weight is 1580 g/mol. The van der Waals surface area contributed by atoms with E-state index in [-0.39, 0.29) is 177 Å². The summed E-state index contributed by atoms with van der Waals surface area (Å²) in [6, 6.07) is -1.09. The summed E-state index contributed by atoms with van der Waals surface area (Å²) in [7, 11) is 0. The SMILES string of the molecule is CC(=O)NC1[C@H](OCCCCC(=O)NCCCNC(=O)CCOCC(COCCC(=O)CCCCCC(=O)CCCCO[C@@H]2OC(CO)[C@H](O)[C@H](O)C2C)(COCCC(=O)CCCCCC(=O)CCCCO[C@@H]2OC(CO)[C@H](O)[C@H](O)C2C)NC(=O)CCCC(=O)NCCCCCCOC(C)C)OC(CO)[C@H](O)[C@@H]1O. The van der Waals surface area contributed by atoms with Crippen LogP contribution in [0.2, 0.25) is 0 Å². The maximum atomic E-state index is 13.9. The molecule has 638 valence electrons. The average Bonchev–Trinajstić information content (AvgIpc) is 0.822. The van der Waals surface area contributed by atoms with Gasteiger partial charge >= 0.3 is 0 Å². The van der Waals surface area contributed by atoms with Crippen molar-refractivity contribution in [2.45, 2.75) is 319 Å². The number of hydrogen-bond donors (Lipinski definition) is 14. The van der Waals surface area contributed by atoms with Crippen LogP contribution in [0.1, 0.15) is 227 Å². The molecule has 0 spiro atoms. The van der Waals surface area contributed by atoms with Gasteiger partial charge < -0.3 is 120 Å². The molecule has 14 N–H and O–H groups in total. The van der Waals surface area contributed by atoms with E-state index in [2.05, 4.69) is 26.6 Å². The third-order valence-corrected chi connectivity index (χ3v) is 19.5.